The van der Waals surface area contributed by atoms with E-state index in [1.54, 1.807) is 0 Å². The molecule has 2 aliphatic rings. The molecule has 0 radical (unpaired) electrons. The van der Waals surface area contributed by atoms with Crippen molar-refractivity contribution in [3.05, 3.63) is 0 Å². The maximum Gasteiger partial charge on any atom is 0.236 e. The molecule has 2 rings (SSSR count). The van der Waals surface area contributed by atoms with Gasteiger partial charge in [0.1, 0.15) is 0 Å². The van der Waals surface area contributed by atoms with Gasteiger partial charge in [0.05, 0.1) is 6.54 Å². The van der Waals surface area contributed by atoms with Crippen molar-refractivity contribution in [2.45, 2.75) is 6.42 Å². The summed E-state index contributed by atoms with van der Waals surface area (Å²) < 4.78 is 0. The topological polar surface area (TPSA) is 61.6 Å². The van der Waals surface area contributed by atoms with Crippen molar-refractivity contribution in [1.82, 2.24) is 15.1 Å². The van der Waals surface area contributed by atoms with Crippen LogP contribution < -0.4 is 11.1 Å². The molecule has 2 heterocycles. The van der Waals surface area contributed by atoms with Gasteiger partial charge in [0.15, 0.2) is 0 Å². The maximum atomic E-state index is 12.0. The minimum atomic E-state index is 0.277. The van der Waals surface area contributed by atoms with E-state index in [-0.39, 0.29) is 5.91 Å². The molecule has 0 aromatic heterocycles. The highest BCUT2D eigenvalue weighted by Crippen LogP contribution is 2.14. The van der Waals surface area contributed by atoms with Crippen LogP contribution in [-0.2, 0) is 4.79 Å². The molecule has 0 spiro atoms. The summed E-state index contributed by atoms with van der Waals surface area (Å²) >= 11 is 0. The zero-order valence-electron chi connectivity index (χ0n) is 9.82. The van der Waals surface area contributed by atoms with Crippen LogP contribution in [-0.4, -0.2) is 68.1 Å². The molecule has 5 nitrogen and oxygen atoms in total. The number of nitrogens with one attached hydrogen (secondary N) is 1. The molecule has 16 heavy (non-hydrogen) atoms. The van der Waals surface area contributed by atoms with E-state index in [2.05, 4.69) is 10.2 Å². The Hall–Kier alpha value is -0.650. The van der Waals surface area contributed by atoms with Gasteiger partial charge >= 0.3 is 0 Å². The van der Waals surface area contributed by atoms with Crippen molar-refractivity contribution in [1.29, 1.82) is 0 Å². The van der Waals surface area contributed by atoms with Gasteiger partial charge in [-0.3, -0.25) is 9.69 Å². The minimum absolute atomic E-state index is 0.277. The van der Waals surface area contributed by atoms with Gasteiger partial charge in [-0.15, -0.1) is 0 Å². The molecule has 1 unspecified atom stereocenters. The van der Waals surface area contributed by atoms with Gasteiger partial charge in [-0.2, -0.15) is 0 Å². The number of hydrogen-bond donors (Lipinski definition) is 2. The van der Waals surface area contributed by atoms with Crippen LogP contribution in [0.5, 0.6) is 0 Å². The van der Waals surface area contributed by atoms with E-state index in [0.717, 1.165) is 52.2 Å². The van der Waals surface area contributed by atoms with Gasteiger partial charge in [0, 0.05) is 32.7 Å². The van der Waals surface area contributed by atoms with Crippen LogP contribution in [0.15, 0.2) is 0 Å². The number of amides is 1. The number of nitrogens with zero attached hydrogens (tertiary/aromatic N) is 2. The molecular weight excluding hydrogens is 204 g/mol. The van der Waals surface area contributed by atoms with Crippen molar-refractivity contribution in [2.24, 2.45) is 11.7 Å². The van der Waals surface area contributed by atoms with Crippen LogP contribution in [0.4, 0.5) is 0 Å². The highest BCUT2D eigenvalue weighted by atomic mass is 16.2. The highest BCUT2D eigenvalue weighted by Gasteiger charge is 2.25. The third-order valence-corrected chi connectivity index (χ3v) is 3.53. The predicted molar refractivity (Wildman–Crippen MR) is 63.1 cm³/mol. The van der Waals surface area contributed by atoms with Crippen LogP contribution in [0, 0.1) is 5.92 Å². The molecule has 1 amide bonds. The average Bonchev–Trinajstić information content (AvgIpc) is 2.78. The Labute approximate surface area is 96.9 Å². The fourth-order valence-corrected chi connectivity index (χ4v) is 2.45. The molecular formula is C11H22N4O. The lowest BCUT2D eigenvalue weighted by atomic mass is 10.1. The zero-order chi connectivity index (χ0) is 11.4. The summed E-state index contributed by atoms with van der Waals surface area (Å²) in [6, 6.07) is 0. The fraction of sp³-hybridized carbons (Fsp3) is 0.909. The van der Waals surface area contributed by atoms with E-state index < -0.39 is 0 Å². The third kappa shape index (κ3) is 2.93. The molecule has 92 valence electrons. The largest absolute Gasteiger partial charge is 0.339 e. The standard InChI is InChI=1S/C11H22N4O/c12-7-10-1-4-14(8-10)9-11(16)15-5-2-13-3-6-15/h10,13H,1-9,12H2. The van der Waals surface area contributed by atoms with E-state index in [9.17, 15) is 4.79 Å². The number of likely N-dealkylation sites (tertiary alicyclic amines) is 1. The minimum Gasteiger partial charge on any atom is -0.339 e. The number of hydrogen-bond acceptors (Lipinski definition) is 4. The Bertz CT molecular complexity index is 240. The summed E-state index contributed by atoms with van der Waals surface area (Å²) in [6.45, 7) is 6.91. The molecule has 0 bridgehead atoms. The van der Waals surface area contributed by atoms with E-state index in [0.29, 0.717) is 12.5 Å². The summed E-state index contributed by atoms with van der Waals surface area (Å²) in [5, 5.41) is 3.26. The molecule has 0 aromatic carbocycles. The molecule has 3 N–H and O–H groups in total. The average molecular weight is 226 g/mol. The third-order valence-electron chi connectivity index (χ3n) is 3.53. The summed E-state index contributed by atoms with van der Waals surface area (Å²) in [7, 11) is 0. The summed E-state index contributed by atoms with van der Waals surface area (Å²) in [4.78, 5) is 16.2. The van der Waals surface area contributed by atoms with Crippen LogP contribution >= 0.6 is 0 Å². The smallest absolute Gasteiger partial charge is 0.236 e. The number of carbonyl (C=O) groups is 1. The second-order valence-electron chi connectivity index (χ2n) is 4.76. The summed E-state index contributed by atoms with van der Waals surface area (Å²) in [5.41, 5.74) is 5.64. The van der Waals surface area contributed by atoms with Gasteiger partial charge < -0.3 is 16.0 Å². The van der Waals surface area contributed by atoms with Crippen molar-refractivity contribution >= 4 is 5.91 Å². The van der Waals surface area contributed by atoms with Gasteiger partial charge in [-0.25, -0.2) is 0 Å². The van der Waals surface area contributed by atoms with Crippen molar-refractivity contribution in [2.75, 3.05) is 52.4 Å². The SMILES string of the molecule is NCC1CCN(CC(=O)N2CCNCC2)C1. The quantitative estimate of drug-likeness (QED) is 0.628. The van der Waals surface area contributed by atoms with Gasteiger partial charge in [-0.1, -0.05) is 0 Å². The molecule has 1 atom stereocenters. The van der Waals surface area contributed by atoms with Crippen LogP contribution in [0.25, 0.3) is 0 Å². The summed E-state index contributed by atoms with van der Waals surface area (Å²) in [6.07, 6.45) is 1.14. The van der Waals surface area contributed by atoms with Gasteiger partial charge in [0.25, 0.3) is 0 Å². The van der Waals surface area contributed by atoms with E-state index in [1.807, 2.05) is 4.90 Å². The van der Waals surface area contributed by atoms with Crippen LogP contribution in [0.1, 0.15) is 6.42 Å². The highest BCUT2D eigenvalue weighted by molar-refractivity contribution is 5.78. The van der Waals surface area contributed by atoms with E-state index in [1.165, 1.54) is 0 Å². The fourth-order valence-electron chi connectivity index (χ4n) is 2.45. The van der Waals surface area contributed by atoms with E-state index >= 15 is 0 Å². The van der Waals surface area contributed by atoms with Crippen molar-refractivity contribution < 1.29 is 4.79 Å². The van der Waals surface area contributed by atoms with Crippen molar-refractivity contribution in [3.63, 3.8) is 0 Å². The lowest BCUT2D eigenvalue weighted by Crippen LogP contribution is -2.49. The molecule has 0 saturated carbocycles. The Kier molecular flexibility index (Phi) is 4.15. The van der Waals surface area contributed by atoms with Gasteiger partial charge in [0.2, 0.25) is 5.91 Å². The lowest BCUT2D eigenvalue weighted by molar-refractivity contribution is -0.132. The molecule has 0 aromatic rings. The Balaban J connectivity index is 1.74. The lowest BCUT2D eigenvalue weighted by Gasteiger charge is -2.29. The predicted octanol–water partition coefficient (Wildman–Crippen LogP) is -1.30. The molecule has 2 saturated heterocycles. The normalized spacial score (nSPS) is 27.3. The molecule has 5 heteroatoms. The first-order valence-corrected chi connectivity index (χ1v) is 6.20. The summed E-state index contributed by atoms with van der Waals surface area (Å²) in [5.74, 6) is 0.870. The Morgan fingerprint density at radius 3 is 2.69 bits per heavy atom. The zero-order valence-corrected chi connectivity index (χ0v) is 9.82. The maximum absolute atomic E-state index is 12.0. The first kappa shape index (κ1) is 11.8. The molecule has 2 fully saturated rings. The Morgan fingerprint density at radius 1 is 1.31 bits per heavy atom. The number of carbonyl (C=O) groups excluding carboxylic acids is 1. The number of piperazine rings is 1. The Morgan fingerprint density at radius 2 is 2.06 bits per heavy atom. The van der Waals surface area contributed by atoms with Crippen LogP contribution in [0.2, 0.25) is 0 Å². The second-order valence-corrected chi connectivity index (χ2v) is 4.76. The van der Waals surface area contributed by atoms with Gasteiger partial charge in [-0.05, 0) is 25.4 Å². The van der Waals surface area contributed by atoms with E-state index in [4.69, 9.17) is 5.73 Å². The number of rotatable bonds is 3. The first-order chi connectivity index (χ1) is 7.79. The molecule has 0 aliphatic carbocycles. The first-order valence-electron chi connectivity index (χ1n) is 6.20. The monoisotopic (exact) mass is 226 g/mol. The second kappa shape index (κ2) is 5.61. The number of nitrogens with two attached hydrogens (primary N) is 1. The van der Waals surface area contributed by atoms with Crippen molar-refractivity contribution in [3.8, 4) is 0 Å². The van der Waals surface area contributed by atoms with Crippen LogP contribution in [0.3, 0.4) is 0 Å². The molecule has 2 aliphatic heterocycles.